The fraction of sp³-hybridized carbons (Fsp3) is 0.200. The molecule has 1 unspecified atom stereocenters. The van der Waals surface area contributed by atoms with Crippen LogP contribution < -0.4 is 4.72 Å². The second-order valence-electron chi connectivity index (χ2n) is 3.25. The lowest BCUT2D eigenvalue weighted by Gasteiger charge is -2.10. The van der Waals surface area contributed by atoms with Crippen LogP contribution in [0.3, 0.4) is 0 Å². The van der Waals surface area contributed by atoms with E-state index in [9.17, 15) is 19.1 Å². The van der Waals surface area contributed by atoms with E-state index in [2.05, 4.69) is 15.3 Å². The van der Waals surface area contributed by atoms with Gasteiger partial charge in [-0.1, -0.05) is 0 Å². The number of hydrogen-bond acceptors (Lipinski definition) is 5. The number of nitrogens with zero attached hydrogens (tertiary/aromatic N) is 1. The van der Waals surface area contributed by atoms with Gasteiger partial charge in [0.05, 0.1) is 26.1 Å². The zero-order valence-electron chi connectivity index (χ0n) is 9.62. The lowest BCUT2D eigenvalue weighted by atomic mass is 10.3. The number of carbonyl (C=O) groups excluding carboxylic acids is 1. The molecular formula is C10H12N2O5S. The minimum Gasteiger partial charge on any atom is -0.449 e. The molecule has 0 aliphatic rings. The number of carbonyl (C=O) groups is 1. The van der Waals surface area contributed by atoms with Crippen LogP contribution in [0.25, 0.3) is 0 Å². The van der Waals surface area contributed by atoms with E-state index in [0.717, 1.165) is 0 Å². The maximum absolute atomic E-state index is 12.1. The number of nitro groups is 1. The Hall–Kier alpha value is -2.09. The topological polar surface area (TPSA) is 98.5 Å². The molecule has 18 heavy (non-hydrogen) atoms. The van der Waals surface area contributed by atoms with Gasteiger partial charge in [-0.25, -0.2) is 13.7 Å². The first-order valence-corrected chi connectivity index (χ1v) is 6.65. The summed E-state index contributed by atoms with van der Waals surface area (Å²) in [4.78, 5) is 21.2. The monoisotopic (exact) mass is 272 g/mol. The normalized spacial score (nSPS) is 13.4. The Balaban J connectivity index is 2.92. The first-order chi connectivity index (χ1) is 8.36. The summed E-state index contributed by atoms with van der Waals surface area (Å²) >= 11 is 0. The third-order valence-electron chi connectivity index (χ3n) is 1.95. The van der Waals surface area contributed by atoms with Crippen molar-refractivity contribution in [2.75, 3.05) is 6.61 Å². The number of rotatable bonds is 4. The predicted molar refractivity (Wildman–Crippen MR) is 66.8 cm³/mol. The van der Waals surface area contributed by atoms with Crippen molar-refractivity contribution in [2.45, 2.75) is 11.8 Å². The summed E-state index contributed by atoms with van der Waals surface area (Å²) in [5.74, 6) is 3.38. The Bertz CT molecular complexity index is 550. The van der Waals surface area contributed by atoms with Crippen molar-refractivity contribution >= 4 is 27.4 Å². The van der Waals surface area contributed by atoms with Gasteiger partial charge < -0.3 is 4.74 Å². The third-order valence-corrected chi connectivity index (χ3v) is 3.48. The summed E-state index contributed by atoms with van der Waals surface area (Å²) in [5.41, 5.74) is -0.134. The van der Waals surface area contributed by atoms with Crippen molar-refractivity contribution < 1.29 is 18.7 Å². The molecule has 98 valence electrons. The van der Waals surface area contributed by atoms with E-state index in [4.69, 9.17) is 0 Å². The van der Waals surface area contributed by atoms with Crippen LogP contribution in [0.4, 0.5) is 10.5 Å². The molecule has 1 atom stereocenters. The van der Waals surface area contributed by atoms with Crippen molar-refractivity contribution in [1.82, 2.24) is 4.72 Å². The zero-order chi connectivity index (χ0) is 13.8. The van der Waals surface area contributed by atoms with Gasteiger partial charge in [-0.3, -0.25) is 10.1 Å². The van der Waals surface area contributed by atoms with Crippen molar-refractivity contribution in [3.63, 3.8) is 0 Å². The van der Waals surface area contributed by atoms with E-state index in [1.165, 1.54) is 24.3 Å². The fourth-order valence-electron chi connectivity index (χ4n) is 1.14. The zero-order valence-corrected chi connectivity index (χ0v) is 10.4. The molecule has 0 aliphatic carbocycles. The van der Waals surface area contributed by atoms with Crippen molar-refractivity contribution in [3.8, 4) is 0 Å². The molecular weight excluding hydrogens is 260 g/mol. The summed E-state index contributed by atoms with van der Waals surface area (Å²) < 4.78 is 18.8. The van der Waals surface area contributed by atoms with Gasteiger partial charge in [0.25, 0.3) is 5.69 Å². The van der Waals surface area contributed by atoms with Gasteiger partial charge in [0.1, 0.15) is 0 Å². The molecule has 0 bridgehead atoms. The summed E-state index contributed by atoms with van der Waals surface area (Å²) in [6.45, 7) is 1.75. The molecule has 8 heteroatoms. The summed E-state index contributed by atoms with van der Waals surface area (Å²) in [6.07, 6.45) is -0.851. The molecule has 1 rings (SSSR count). The molecule has 0 spiro atoms. The van der Waals surface area contributed by atoms with Gasteiger partial charge in [-0.15, -0.1) is 0 Å². The molecule has 1 aromatic carbocycles. The van der Waals surface area contributed by atoms with E-state index in [-0.39, 0.29) is 17.2 Å². The van der Waals surface area contributed by atoms with Gasteiger partial charge >= 0.3 is 6.09 Å². The maximum atomic E-state index is 12.1. The molecule has 0 aromatic heterocycles. The van der Waals surface area contributed by atoms with Gasteiger partial charge in [0.15, 0.2) is 0 Å². The Kier molecular flexibility index (Phi) is 4.27. The van der Waals surface area contributed by atoms with Crippen LogP contribution in [-0.2, 0) is 14.4 Å². The average Bonchev–Trinajstić information content (AvgIpc) is 2.28. The largest absolute Gasteiger partial charge is 0.449 e. The number of non-ortho nitro benzene ring substituents is 1. The van der Waals surface area contributed by atoms with Crippen LogP contribution in [0.5, 0.6) is 0 Å². The number of benzene rings is 1. The highest BCUT2D eigenvalue weighted by atomic mass is 32.2. The summed E-state index contributed by atoms with van der Waals surface area (Å²) in [5, 5.41) is 10.5. The SMILES string of the molecule is C=S(=O)(NC(=O)OCC)c1ccc([N+](=O)[O-])cc1. The second-order valence-corrected chi connectivity index (χ2v) is 5.27. The highest BCUT2D eigenvalue weighted by Gasteiger charge is 2.14. The summed E-state index contributed by atoms with van der Waals surface area (Å²) in [6, 6.07) is 4.93. The van der Waals surface area contributed by atoms with Gasteiger partial charge in [-0.2, -0.15) is 0 Å². The van der Waals surface area contributed by atoms with Gasteiger partial charge in [0.2, 0.25) is 0 Å². The first kappa shape index (κ1) is 14.0. The molecule has 7 nitrogen and oxygen atoms in total. The van der Waals surface area contributed by atoms with Gasteiger partial charge in [-0.05, 0) is 24.9 Å². The van der Waals surface area contributed by atoms with Crippen LogP contribution in [0.15, 0.2) is 29.2 Å². The standard InChI is InChI=1S/C10H12N2O5S/c1-3-17-10(13)11-18(2,16)9-6-4-8(5-7-9)12(14)15/h4-7H,2-3H2,1H3,(H,11,13,16). The van der Waals surface area contributed by atoms with E-state index < -0.39 is 20.7 Å². The van der Waals surface area contributed by atoms with E-state index in [1.54, 1.807) is 6.92 Å². The van der Waals surface area contributed by atoms with E-state index in [1.807, 2.05) is 0 Å². The highest BCUT2D eigenvalue weighted by Crippen LogP contribution is 2.15. The lowest BCUT2D eigenvalue weighted by molar-refractivity contribution is -0.384. The van der Waals surface area contributed by atoms with Crippen LogP contribution >= 0.6 is 0 Å². The number of amides is 1. The Labute approximate surface area is 104 Å². The van der Waals surface area contributed by atoms with Crippen LogP contribution in [0.1, 0.15) is 6.92 Å². The molecule has 1 aromatic rings. The fourth-order valence-corrected chi connectivity index (χ4v) is 2.16. The second kappa shape index (κ2) is 5.50. The number of nitrogens with one attached hydrogen (secondary N) is 1. The van der Waals surface area contributed by atoms with Crippen LogP contribution in [0, 0.1) is 10.1 Å². The van der Waals surface area contributed by atoms with E-state index >= 15 is 0 Å². The molecule has 0 saturated heterocycles. The Morgan fingerprint density at radius 3 is 2.50 bits per heavy atom. The van der Waals surface area contributed by atoms with Crippen molar-refractivity contribution in [3.05, 3.63) is 34.4 Å². The van der Waals surface area contributed by atoms with E-state index in [0.29, 0.717) is 0 Å². The smallest absolute Gasteiger partial charge is 0.418 e. The molecule has 0 aliphatic heterocycles. The Morgan fingerprint density at radius 1 is 1.50 bits per heavy atom. The minimum atomic E-state index is -3.07. The molecule has 0 radical (unpaired) electrons. The highest BCUT2D eigenvalue weighted by molar-refractivity contribution is 7.99. The lowest BCUT2D eigenvalue weighted by Crippen LogP contribution is -2.30. The molecule has 1 N–H and O–H groups in total. The van der Waals surface area contributed by atoms with Crippen LogP contribution in [0.2, 0.25) is 0 Å². The minimum absolute atomic E-state index is 0.134. The third kappa shape index (κ3) is 3.45. The Morgan fingerprint density at radius 2 is 2.06 bits per heavy atom. The molecule has 0 fully saturated rings. The first-order valence-electron chi connectivity index (χ1n) is 4.93. The number of nitro benzene ring substituents is 1. The maximum Gasteiger partial charge on any atom is 0.418 e. The van der Waals surface area contributed by atoms with Crippen LogP contribution in [-0.4, -0.2) is 27.7 Å². The quantitative estimate of drug-likeness (QED) is 0.506. The number of ether oxygens (including phenoxy) is 1. The number of hydrogen-bond donors (Lipinski definition) is 1. The average molecular weight is 272 g/mol. The van der Waals surface area contributed by atoms with Crippen molar-refractivity contribution in [1.29, 1.82) is 0 Å². The predicted octanol–water partition coefficient (Wildman–Crippen LogP) is 1.33. The molecule has 0 heterocycles. The molecule has 0 saturated carbocycles. The summed E-state index contributed by atoms with van der Waals surface area (Å²) in [7, 11) is -3.07. The van der Waals surface area contributed by atoms with Gasteiger partial charge in [0, 0.05) is 12.1 Å². The molecule has 1 amide bonds. The van der Waals surface area contributed by atoms with Crippen molar-refractivity contribution in [2.24, 2.45) is 0 Å².